The maximum atomic E-state index is 10.5. The van der Waals surface area contributed by atoms with Gasteiger partial charge in [0.05, 0.1) is 13.0 Å². The Morgan fingerprint density at radius 3 is 2.13 bits per heavy atom. The van der Waals surface area contributed by atoms with Crippen molar-refractivity contribution < 1.29 is 23.5 Å². The predicted molar refractivity (Wildman–Crippen MR) is 55.4 cm³/mol. The molecule has 0 aliphatic carbocycles. The monoisotopic (exact) mass is 238 g/mol. The van der Waals surface area contributed by atoms with Crippen molar-refractivity contribution >= 4 is 14.2 Å². The molecule has 0 heterocycles. The summed E-state index contributed by atoms with van der Waals surface area (Å²) < 4.78 is 18.4. The quantitative estimate of drug-likeness (QED) is 0.520. The molecule has 5 nitrogen and oxygen atoms in total. The first-order valence-corrected chi connectivity index (χ1v) is 6.10. The summed E-state index contributed by atoms with van der Waals surface area (Å²) in [5.74, 6) is -0.454. The van der Waals surface area contributed by atoms with Crippen LogP contribution in [-0.4, -0.2) is 19.2 Å². The Labute approximate surface area is 91.7 Å². The zero-order valence-corrected chi connectivity index (χ0v) is 10.4. The fourth-order valence-corrected chi connectivity index (χ4v) is 0.677. The first kappa shape index (κ1) is 16.9. The van der Waals surface area contributed by atoms with E-state index in [2.05, 4.69) is 23.1 Å². The molecule has 0 saturated heterocycles. The van der Waals surface area contributed by atoms with Gasteiger partial charge in [-0.3, -0.25) is 4.79 Å². The molecule has 0 spiro atoms. The van der Waals surface area contributed by atoms with Gasteiger partial charge in [-0.25, -0.2) is 0 Å². The highest BCUT2D eigenvalue weighted by molar-refractivity contribution is 7.30. The van der Waals surface area contributed by atoms with Crippen LogP contribution in [0.3, 0.4) is 0 Å². The molecule has 0 amide bonds. The summed E-state index contributed by atoms with van der Waals surface area (Å²) >= 11 is 0. The van der Waals surface area contributed by atoms with Gasteiger partial charge in [-0.2, -0.15) is 0 Å². The lowest BCUT2D eigenvalue weighted by Crippen LogP contribution is -2.07. The molecule has 0 rings (SSSR count). The van der Waals surface area contributed by atoms with Gasteiger partial charge in [-0.1, -0.05) is 26.7 Å². The smallest absolute Gasteiger partial charge is 0.488 e. The van der Waals surface area contributed by atoms with E-state index in [0.29, 0.717) is 6.61 Å². The summed E-state index contributed by atoms with van der Waals surface area (Å²) in [5.41, 5.74) is 0. The molecule has 0 fully saturated rings. The van der Waals surface area contributed by atoms with Crippen LogP contribution >= 0.6 is 8.25 Å². The van der Waals surface area contributed by atoms with Crippen LogP contribution in [0.5, 0.6) is 0 Å². The van der Waals surface area contributed by atoms with Crippen molar-refractivity contribution in [2.45, 2.75) is 40.0 Å². The Hall–Kier alpha value is -0.510. The average molecular weight is 238 g/mol. The third-order valence-corrected chi connectivity index (χ3v) is 1.70. The Kier molecular flexibility index (Phi) is 15.2. The van der Waals surface area contributed by atoms with Crippen molar-refractivity contribution in [3.05, 3.63) is 0 Å². The maximum absolute atomic E-state index is 10.5. The highest BCUT2D eigenvalue weighted by Gasteiger charge is 2.05. The SMILES string of the molecule is CCCC.CCOC(=O)CCO[P+](=O)[O-]. The second-order valence-corrected chi connectivity index (χ2v) is 3.32. The van der Waals surface area contributed by atoms with Crippen molar-refractivity contribution in [1.82, 2.24) is 0 Å². The largest absolute Gasteiger partial charge is 0.566 e. The molecule has 0 bridgehead atoms. The molecule has 0 aliphatic rings. The van der Waals surface area contributed by atoms with Crippen LogP contribution in [-0.2, 0) is 18.6 Å². The molecule has 0 aromatic heterocycles. The molecule has 0 aromatic rings. The summed E-state index contributed by atoms with van der Waals surface area (Å²) in [6, 6.07) is 0. The van der Waals surface area contributed by atoms with Crippen LogP contribution in [0, 0.1) is 0 Å². The Morgan fingerprint density at radius 2 is 1.80 bits per heavy atom. The second-order valence-electron chi connectivity index (χ2n) is 2.61. The van der Waals surface area contributed by atoms with Crippen LogP contribution in [0.1, 0.15) is 40.0 Å². The average Bonchev–Trinajstić information content (AvgIpc) is 2.18. The number of hydrogen-bond acceptors (Lipinski definition) is 5. The number of hydrogen-bond donors (Lipinski definition) is 0. The van der Waals surface area contributed by atoms with Gasteiger partial charge >= 0.3 is 14.2 Å². The van der Waals surface area contributed by atoms with E-state index in [1.165, 1.54) is 12.8 Å². The maximum Gasteiger partial charge on any atom is 0.488 e. The molecule has 0 radical (unpaired) electrons. The van der Waals surface area contributed by atoms with E-state index in [-0.39, 0.29) is 13.0 Å². The minimum absolute atomic E-state index is 0.0306. The summed E-state index contributed by atoms with van der Waals surface area (Å²) in [6.45, 7) is 6.19. The molecule has 0 saturated carbocycles. The van der Waals surface area contributed by atoms with E-state index in [1.807, 2.05) is 0 Å². The standard InChI is InChI=1S/C5H9O5P.C4H10/c1-2-9-5(6)3-4-10-11(7)8;1-3-4-2/h2-4H2,1H3;3-4H2,1-2H3. The number of ether oxygens (including phenoxy) is 1. The van der Waals surface area contributed by atoms with Gasteiger partial charge in [0.25, 0.3) is 0 Å². The first-order chi connectivity index (χ1) is 7.08. The van der Waals surface area contributed by atoms with Crippen LogP contribution < -0.4 is 4.89 Å². The van der Waals surface area contributed by atoms with Crippen molar-refractivity contribution in [3.8, 4) is 0 Å². The topological polar surface area (TPSA) is 75.7 Å². The van der Waals surface area contributed by atoms with Crippen LogP contribution in [0.2, 0.25) is 0 Å². The summed E-state index contributed by atoms with van der Waals surface area (Å²) in [5, 5.41) is 0. The van der Waals surface area contributed by atoms with E-state index in [0.717, 1.165) is 0 Å². The lowest BCUT2D eigenvalue weighted by atomic mass is 10.4. The van der Waals surface area contributed by atoms with E-state index in [9.17, 15) is 14.3 Å². The Balaban J connectivity index is 0. The van der Waals surface area contributed by atoms with Crippen molar-refractivity contribution in [1.29, 1.82) is 0 Å². The van der Waals surface area contributed by atoms with E-state index >= 15 is 0 Å². The number of carbonyl (C=O) groups is 1. The molecule has 0 aromatic carbocycles. The zero-order chi connectivity index (χ0) is 12.1. The molecular weight excluding hydrogens is 219 g/mol. The minimum atomic E-state index is -2.85. The number of rotatable bonds is 6. The lowest BCUT2D eigenvalue weighted by Gasteiger charge is -1.97. The molecule has 90 valence electrons. The Bertz CT molecular complexity index is 170. The number of unbranched alkanes of at least 4 members (excludes halogenated alkanes) is 1. The van der Waals surface area contributed by atoms with Crippen LogP contribution in [0.25, 0.3) is 0 Å². The zero-order valence-electron chi connectivity index (χ0n) is 9.52. The summed E-state index contributed by atoms with van der Waals surface area (Å²) in [6.07, 6.45) is 2.61. The fourth-order valence-electron chi connectivity index (χ4n) is 0.437. The lowest BCUT2D eigenvalue weighted by molar-refractivity contribution is -0.185. The molecule has 0 N–H and O–H groups in total. The predicted octanol–water partition coefficient (Wildman–Crippen LogP) is 1.78. The van der Waals surface area contributed by atoms with Crippen molar-refractivity contribution in [2.24, 2.45) is 0 Å². The number of esters is 1. The van der Waals surface area contributed by atoms with Crippen molar-refractivity contribution in [2.75, 3.05) is 13.2 Å². The van der Waals surface area contributed by atoms with E-state index in [4.69, 9.17) is 0 Å². The van der Waals surface area contributed by atoms with Gasteiger partial charge in [0.2, 0.25) is 0 Å². The summed E-state index contributed by atoms with van der Waals surface area (Å²) in [4.78, 5) is 20.3. The third kappa shape index (κ3) is 19.8. The van der Waals surface area contributed by atoms with Crippen LogP contribution in [0.15, 0.2) is 0 Å². The third-order valence-electron chi connectivity index (χ3n) is 1.31. The summed E-state index contributed by atoms with van der Waals surface area (Å²) in [7, 11) is -2.85. The van der Waals surface area contributed by atoms with E-state index in [1.54, 1.807) is 6.92 Å². The van der Waals surface area contributed by atoms with Gasteiger partial charge in [0.1, 0.15) is 6.61 Å². The molecule has 15 heavy (non-hydrogen) atoms. The molecule has 1 unspecified atom stereocenters. The van der Waals surface area contributed by atoms with Gasteiger partial charge in [-0.05, 0) is 11.5 Å². The van der Waals surface area contributed by atoms with Crippen LogP contribution in [0.4, 0.5) is 0 Å². The molecule has 0 aliphatic heterocycles. The normalized spacial score (nSPS) is 10.0. The molecule has 1 atom stereocenters. The van der Waals surface area contributed by atoms with Gasteiger partial charge < -0.3 is 9.63 Å². The number of carbonyl (C=O) groups excluding carboxylic acids is 1. The Morgan fingerprint density at radius 1 is 1.27 bits per heavy atom. The van der Waals surface area contributed by atoms with E-state index < -0.39 is 14.2 Å². The van der Waals surface area contributed by atoms with Gasteiger partial charge in [0, 0.05) is 0 Å². The first-order valence-electron chi connectivity index (χ1n) is 5.01. The molecule has 6 heteroatoms. The molecular formula is C9H19O5P. The van der Waals surface area contributed by atoms with Gasteiger partial charge in [0.15, 0.2) is 0 Å². The fraction of sp³-hybridized carbons (Fsp3) is 0.889. The van der Waals surface area contributed by atoms with Gasteiger partial charge in [-0.15, -0.1) is 4.52 Å². The minimum Gasteiger partial charge on any atom is -0.566 e. The van der Waals surface area contributed by atoms with Crippen molar-refractivity contribution in [3.63, 3.8) is 0 Å². The highest BCUT2D eigenvalue weighted by atomic mass is 31.1. The second kappa shape index (κ2) is 13.5. The highest BCUT2D eigenvalue weighted by Crippen LogP contribution is 2.08.